The number of nitrogens with two attached hydrogens (primary N) is 1. The zero-order chi connectivity index (χ0) is 16.3. The molecule has 5 nitrogen and oxygen atoms in total. The van der Waals surface area contributed by atoms with Crippen LogP contribution in [-0.4, -0.2) is 27.4 Å². The third kappa shape index (κ3) is 4.30. The Morgan fingerprint density at radius 2 is 1.86 bits per heavy atom. The molecule has 0 spiro atoms. The van der Waals surface area contributed by atoms with Crippen molar-refractivity contribution in [2.75, 3.05) is 14.1 Å². The van der Waals surface area contributed by atoms with Crippen molar-refractivity contribution in [3.63, 3.8) is 0 Å². The van der Waals surface area contributed by atoms with Crippen LogP contribution in [0.1, 0.15) is 11.1 Å². The highest BCUT2D eigenvalue weighted by Crippen LogP contribution is 2.28. The van der Waals surface area contributed by atoms with Gasteiger partial charge in [0.15, 0.2) is 0 Å². The summed E-state index contributed by atoms with van der Waals surface area (Å²) < 4.78 is 28.9. The maximum Gasteiger partial charge on any atom is 0.238 e. The second kappa shape index (κ2) is 6.48. The van der Waals surface area contributed by atoms with Gasteiger partial charge in [-0.15, -0.1) is 0 Å². The number of hydrogen-bond donors (Lipinski definition) is 1. The fraction of sp³-hybridized carbons (Fsp3) is 0.250. The predicted octanol–water partition coefficient (Wildman–Crippen LogP) is 2.50. The quantitative estimate of drug-likeness (QED) is 0.918. The van der Waals surface area contributed by atoms with E-state index in [-0.39, 0.29) is 4.90 Å². The van der Waals surface area contributed by atoms with Crippen LogP contribution >= 0.6 is 0 Å². The number of hydrogen-bond acceptors (Lipinski definition) is 4. The van der Waals surface area contributed by atoms with Gasteiger partial charge < -0.3 is 9.64 Å². The fourth-order valence-electron chi connectivity index (χ4n) is 2.10. The van der Waals surface area contributed by atoms with E-state index in [4.69, 9.17) is 9.88 Å². The molecule has 0 heterocycles. The molecule has 0 aliphatic carbocycles. The molecular formula is C16H20N2O3S. The lowest BCUT2D eigenvalue weighted by Gasteiger charge is -2.16. The molecule has 0 bridgehead atoms. The average molecular weight is 320 g/mol. The van der Waals surface area contributed by atoms with Gasteiger partial charge in [0.1, 0.15) is 11.5 Å². The number of aryl methyl sites for hydroxylation is 1. The Bertz CT molecular complexity index is 771. The first-order chi connectivity index (χ1) is 10.3. The molecule has 2 rings (SSSR count). The van der Waals surface area contributed by atoms with Crippen LogP contribution in [0, 0.1) is 6.92 Å². The second-order valence-corrected chi connectivity index (χ2v) is 7.03. The van der Waals surface area contributed by atoms with Gasteiger partial charge in [0.2, 0.25) is 10.0 Å². The summed E-state index contributed by atoms with van der Waals surface area (Å²) in [4.78, 5) is 2.02. The Morgan fingerprint density at radius 1 is 1.14 bits per heavy atom. The summed E-state index contributed by atoms with van der Waals surface area (Å²) in [6.45, 7) is 2.53. The molecule has 0 atom stereocenters. The monoisotopic (exact) mass is 320 g/mol. The second-order valence-electron chi connectivity index (χ2n) is 5.47. The third-order valence-electron chi connectivity index (χ3n) is 3.06. The van der Waals surface area contributed by atoms with E-state index < -0.39 is 10.0 Å². The van der Waals surface area contributed by atoms with E-state index in [9.17, 15) is 8.42 Å². The van der Waals surface area contributed by atoms with E-state index in [1.807, 2.05) is 50.2 Å². The van der Waals surface area contributed by atoms with Gasteiger partial charge in [-0.3, -0.25) is 0 Å². The molecule has 0 fully saturated rings. The van der Waals surface area contributed by atoms with Crippen molar-refractivity contribution in [2.24, 2.45) is 5.14 Å². The topological polar surface area (TPSA) is 72.6 Å². The standard InChI is InChI=1S/C16H20N2O3S/c1-12-5-4-6-14(9-12)21-16-8-7-15(22(17,19)20)10-13(16)11-18(2)3/h4-10H,11H2,1-3H3,(H2,17,19,20). The van der Waals surface area contributed by atoms with Gasteiger partial charge in [0.05, 0.1) is 4.90 Å². The molecule has 0 amide bonds. The van der Waals surface area contributed by atoms with Gasteiger partial charge in [-0.2, -0.15) is 0 Å². The maximum atomic E-state index is 11.5. The van der Waals surface area contributed by atoms with Gasteiger partial charge in [-0.25, -0.2) is 13.6 Å². The number of primary sulfonamides is 1. The molecule has 6 heteroatoms. The molecule has 0 unspecified atom stereocenters. The first-order valence-corrected chi connectivity index (χ1v) is 8.35. The zero-order valence-electron chi connectivity index (χ0n) is 12.9. The zero-order valence-corrected chi connectivity index (χ0v) is 13.7. The highest BCUT2D eigenvalue weighted by Gasteiger charge is 2.13. The lowest BCUT2D eigenvalue weighted by atomic mass is 10.2. The minimum atomic E-state index is -3.73. The Hall–Kier alpha value is -1.89. The molecule has 0 aliphatic heterocycles. The van der Waals surface area contributed by atoms with Crippen molar-refractivity contribution in [2.45, 2.75) is 18.4 Å². The smallest absolute Gasteiger partial charge is 0.238 e. The van der Waals surface area contributed by atoms with Gasteiger partial charge >= 0.3 is 0 Å². The minimum absolute atomic E-state index is 0.0842. The fourth-order valence-corrected chi connectivity index (χ4v) is 2.67. The molecule has 0 saturated carbocycles. The van der Waals surface area contributed by atoms with Gasteiger partial charge in [0, 0.05) is 12.1 Å². The van der Waals surface area contributed by atoms with Crippen molar-refractivity contribution < 1.29 is 13.2 Å². The lowest BCUT2D eigenvalue weighted by molar-refractivity contribution is 0.388. The van der Waals surface area contributed by atoms with Crippen LogP contribution in [-0.2, 0) is 16.6 Å². The van der Waals surface area contributed by atoms with E-state index >= 15 is 0 Å². The molecule has 2 aromatic carbocycles. The number of rotatable bonds is 5. The number of nitrogens with zero attached hydrogens (tertiary/aromatic N) is 1. The third-order valence-corrected chi connectivity index (χ3v) is 3.98. The molecule has 2 N–H and O–H groups in total. The number of sulfonamides is 1. The molecule has 0 aliphatic rings. The van der Waals surface area contributed by atoms with E-state index in [1.165, 1.54) is 6.07 Å². The van der Waals surface area contributed by atoms with Crippen LogP contribution in [0.2, 0.25) is 0 Å². The van der Waals surface area contributed by atoms with Crippen LogP contribution in [0.5, 0.6) is 11.5 Å². The largest absolute Gasteiger partial charge is 0.457 e. The van der Waals surface area contributed by atoms with Crippen LogP contribution in [0.3, 0.4) is 0 Å². The van der Waals surface area contributed by atoms with Crippen LogP contribution in [0.15, 0.2) is 47.4 Å². The summed E-state index contributed by atoms with van der Waals surface area (Å²) in [5, 5.41) is 5.20. The summed E-state index contributed by atoms with van der Waals surface area (Å²) in [5.74, 6) is 1.33. The Balaban J connectivity index is 2.41. The van der Waals surface area contributed by atoms with Crippen molar-refractivity contribution >= 4 is 10.0 Å². The van der Waals surface area contributed by atoms with Crippen molar-refractivity contribution in [3.8, 4) is 11.5 Å². The molecule has 0 saturated heterocycles. The molecule has 0 aromatic heterocycles. The van der Waals surface area contributed by atoms with E-state index in [2.05, 4.69) is 0 Å². The molecule has 22 heavy (non-hydrogen) atoms. The summed E-state index contributed by atoms with van der Waals surface area (Å²) >= 11 is 0. The van der Waals surface area contributed by atoms with Crippen molar-refractivity contribution in [1.29, 1.82) is 0 Å². The van der Waals surface area contributed by atoms with E-state index in [0.29, 0.717) is 18.0 Å². The van der Waals surface area contributed by atoms with E-state index in [0.717, 1.165) is 11.1 Å². The molecular weight excluding hydrogens is 300 g/mol. The predicted molar refractivity (Wildman–Crippen MR) is 86.5 cm³/mol. The summed E-state index contributed by atoms with van der Waals surface area (Å²) in [6, 6.07) is 12.3. The Labute approximate surface area is 131 Å². The molecule has 0 radical (unpaired) electrons. The lowest BCUT2D eigenvalue weighted by Crippen LogP contribution is -2.15. The normalized spacial score (nSPS) is 11.7. The summed E-state index contributed by atoms with van der Waals surface area (Å²) in [5.41, 5.74) is 1.85. The summed E-state index contributed by atoms with van der Waals surface area (Å²) in [6.07, 6.45) is 0. The van der Waals surface area contributed by atoms with Crippen LogP contribution in [0.25, 0.3) is 0 Å². The van der Waals surface area contributed by atoms with Crippen LogP contribution < -0.4 is 9.88 Å². The number of ether oxygens (including phenoxy) is 1. The van der Waals surface area contributed by atoms with Gasteiger partial charge in [0.25, 0.3) is 0 Å². The molecule has 2 aromatic rings. The highest BCUT2D eigenvalue weighted by molar-refractivity contribution is 7.89. The Morgan fingerprint density at radius 3 is 2.45 bits per heavy atom. The number of benzene rings is 2. The SMILES string of the molecule is Cc1cccc(Oc2ccc(S(N)(=O)=O)cc2CN(C)C)c1. The minimum Gasteiger partial charge on any atom is -0.457 e. The first-order valence-electron chi connectivity index (χ1n) is 6.81. The van der Waals surface area contributed by atoms with Gasteiger partial charge in [-0.1, -0.05) is 12.1 Å². The van der Waals surface area contributed by atoms with Crippen molar-refractivity contribution in [1.82, 2.24) is 4.90 Å². The Kier molecular flexibility index (Phi) is 4.85. The maximum absolute atomic E-state index is 11.5. The van der Waals surface area contributed by atoms with Crippen LogP contribution in [0.4, 0.5) is 0 Å². The first kappa shape index (κ1) is 16.5. The van der Waals surface area contributed by atoms with Crippen molar-refractivity contribution in [3.05, 3.63) is 53.6 Å². The average Bonchev–Trinajstić information content (AvgIpc) is 2.39. The van der Waals surface area contributed by atoms with Gasteiger partial charge in [-0.05, 0) is 56.9 Å². The summed E-state index contributed by atoms with van der Waals surface area (Å²) in [7, 11) is 0.0742. The highest BCUT2D eigenvalue weighted by atomic mass is 32.2. The molecule has 118 valence electrons. The van der Waals surface area contributed by atoms with E-state index in [1.54, 1.807) is 12.1 Å².